The average Bonchev–Trinajstić information content (AvgIpc) is 3.09. The van der Waals surface area contributed by atoms with Crippen molar-refractivity contribution in [3.05, 3.63) is 25.2 Å². The summed E-state index contributed by atoms with van der Waals surface area (Å²) in [6.45, 7) is 8.28. The maximum absolute atomic E-state index is 3.80. The van der Waals surface area contributed by atoms with Crippen LogP contribution in [0.4, 0.5) is 0 Å². The van der Waals surface area contributed by atoms with Gasteiger partial charge in [0.2, 0.25) is 0 Å². The predicted octanol–water partition coefficient (Wildman–Crippen LogP) is 7.86. The summed E-state index contributed by atoms with van der Waals surface area (Å²) in [5.74, 6) is 0. The SMILES string of the molecule is C=CN1C=CN(CCCCCCCCCCCCCCCCCC)C1.Cl. The first-order valence-corrected chi connectivity index (χ1v) is 11.2. The van der Waals surface area contributed by atoms with Crippen molar-refractivity contribution in [2.75, 3.05) is 13.2 Å². The van der Waals surface area contributed by atoms with Gasteiger partial charge >= 0.3 is 0 Å². The van der Waals surface area contributed by atoms with Crippen molar-refractivity contribution in [1.29, 1.82) is 0 Å². The standard InChI is InChI=1S/C23H44N2.ClH/c1-3-5-6-7-8-9-10-11-12-13-14-15-16-17-18-19-20-25-22-21-24(4-2)23-25;/h4,21-22H,2-3,5-20,23H2,1H3;1H. The summed E-state index contributed by atoms with van der Waals surface area (Å²) in [6.07, 6.45) is 29.2. The van der Waals surface area contributed by atoms with E-state index in [9.17, 15) is 0 Å². The minimum absolute atomic E-state index is 0. The molecule has 1 aliphatic heterocycles. The molecular formula is C23H45ClN2. The maximum atomic E-state index is 3.80. The van der Waals surface area contributed by atoms with Crippen molar-refractivity contribution in [3.63, 3.8) is 0 Å². The summed E-state index contributed by atoms with van der Waals surface area (Å²) in [7, 11) is 0. The Morgan fingerprint density at radius 3 is 1.50 bits per heavy atom. The molecular weight excluding hydrogens is 340 g/mol. The fraction of sp³-hybridized carbons (Fsp3) is 0.826. The van der Waals surface area contributed by atoms with Gasteiger partial charge in [0.15, 0.2) is 0 Å². The first-order chi connectivity index (χ1) is 12.4. The molecule has 3 heteroatoms. The normalized spacial score (nSPS) is 13.3. The Balaban J connectivity index is 0.00000625. The molecule has 26 heavy (non-hydrogen) atoms. The molecule has 0 N–H and O–H groups in total. The molecule has 0 bridgehead atoms. The lowest BCUT2D eigenvalue weighted by Gasteiger charge is -2.18. The van der Waals surface area contributed by atoms with Gasteiger partial charge in [0.25, 0.3) is 0 Å². The Labute approximate surface area is 170 Å². The highest BCUT2D eigenvalue weighted by Crippen LogP contribution is 2.14. The molecule has 0 radical (unpaired) electrons. The van der Waals surface area contributed by atoms with Gasteiger partial charge in [0.05, 0.1) is 6.67 Å². The van der Waals surface area contributed by atoms with E-state index < -0.39 is 0 Å². The molecule has 0 fully saturated rings. The fourth-order valence-corrected chi connectivity index (χ4v) is 3.61. The molecule has 0 saturated heterocycles. The van der Waals surface area contributed by atoms with Crippen molar-refractivity contribution in [2.24, 2.45) is 0 Å². The van der Waals surface area contributed by atoms with E-state index in [4.69, 9.17) is 0 Å². The van der Waals surface area contributed by atoms with Crippen LogP contribution in [0.2, 0.25) is 0 Å². The first kappa shape index (κ1) is 25.4. The van der Waals surface area contributed by atoms with Gasteiger partial charge in [-0.3, -0.25) is 0 Å². The van der Waals surface area contributed by atoms with E-state index in [1.165, 1.54) is 109 Å². The van der Waals surface area contributed by atoms with Gasteiger partial charge in [-0.2, -0.15) is 0 Å². The van der Waals surface area contributed by atoms with Gasteiger partial charge in [0.1, 0.15) is 0 Å². The maximum Gasteiger partial charge on any atom is 0.0935 e. The van der Waals surface area contributed by atoms with Crippen LogP contribution in [-0.4, -0.2) is 23.0 Å². The molecule has 0 atom stereocenters. The van der Waals surface area contributed by atoms with Crippen LogP contribution in [0.5, 0.6) is 0 Å². The Morgan fingerprint density at radius 1 is 0.692 bits per heavy atom. The molecule has 154 valence electrons. The molecule has 0 unspecified atom stereocenters. The molecule has 1 rings (SSSR count). The van der Waals surface area contributed by atoms with Crippen LogP contribution in [-0.2, 0) is 0 Å². The largest absolute Gasteiger partial charge is 0.358 e. The van der Waals surface area contributed by atoms with Crippen molar-refractivity contribution in [3.8, 4) is 0 Å². The minimum atomic E-state index is 0. The van der Waals surface area contributed by atoms with Gasteiger partial charge in [-0.25, -0.2) is 0 Å². The van der Waals surface area contributed by atoms with E-state index >= 15 is 0 Å². The lowest BCUT2D eigenvalue weighted by Crippen LogP contribution is -2.22. The van der Waals surface area contributed by atoms with E-state index in [1.807, 2.05) is 6.20 Å². The van der Waals surface area contributed by atoms with Gasteiger partial charge in [-0.1, -0.05) is 110 Å². The quantitative estimate of drug-likeness (QED) is 0.222. The highest BCUT2D eigenvalue weighted by Gasteiger charge is 2.08. The molecule has 0 aromatic rings. The zero-order valence-electron chi connectivity index (χ0n) is 17.5. The van der Waals surface area contributed by atoms with Crippen molar-refractivity contribution < 1.29 is 0 Å². The van der Waals surface area contributed by atoms with Crippen LogP contribution in [0.15, 0.2) is 25.2 Å². The van der Waals surface area contributed by atoms with Gasteiger partial charge < -0.3 is 9.80 Å². The highest BCUT2D eigenvalue weighted by atomic mass is 35.5. The minimum Gasteiger partial charge on any atom is -0.358 e. The Kier molecular flexibility index (Phi) is 18.7. The van der Waals surface area contributed by atoms with Crippen LogP contribution < -0.4 is 0 Å². The molecule has 1 aliphatic rings. The highest BCUT2D eigenvalue weighted by molar-refractivity contribution is 5.85. The summed E-state index contributed by atoms with van der Waals surface area (Å²) in [4.78, 5) is 4.51. The molecule has 0 aromatic heterocycles. The van der Waals surface area contributed by atoms with Gasteiger partial charge in [-0.05, 0) is 12.6 Å². The molecule has 1 heterocycles. The molecule has 2 nitrogen and oxygen atoms in total. The average molecular weight is 385 g/mol. The van der Waals surface area contributed by atoms with E-state index in [1.54, 1.807) is 0 Å². The van der Waals surface area contributed by atoms with Crippen LogP contribution >= 0.6 is 12.4 Å². The Bertz CT molecular complexity index is 330. The zero-order chi connectivity index (χ0) is 18.0. The number of nitrogens with zero attached hydrogens (tertiary/aromatic N) is 2. The second-order valence-corrected chi connectivity index (χ2v) is 7.75. The summed E-state index contributed by atoms with van der Waals surface area (Å²) >= 11 is 0. The Hall–Kier alpha value is -0.630. The Morgan fingerprint density at radius 2 is 1.12 bits per heavy atom. The van der Waals surface area contributed by atoms with Crippen LogP contribution in [0, 0.1) is 0 Å². The summed E-state index contributed by atoms with van der Waals surface area (Å²) in [5, 5.41) is 0. The summed E-state index contributed by atoms with van der Waals surface area (Å²) in [5.41, 5.74) is 0. The van der Waals surface area contributed by atoms with Crippen molar-refractivity contribution in [1.82, 2.24) is 9.80 Å². The number of rotatable bonds is 18. The van der Waals surface area contributed by atoms with Gasteiger partial charge in [-0.15, -0.1) is 12.4 Å². The van der Waals surface area contributed by atoms with E-state index in [0.29, 0.717) is 0 Å². The third-order valence-electron chi connectivity index (χ3n) is 5.35. The first-order valence-electron chi connectivity index (χ1n) is 11.2. The molecule has 0 aromatic carbocycles. The summed E-state index contributed by atoms with van der Waals surface area (Å²) in [6, 6.07) is 0. The van der Waals surface area contributed by atoms with Crippen LogP contribution in [0.1, 0.15) is 110 Å². The number of unbranched alkanes of at least 4 members (excludes halogenated alkanes) is 15. The molecule has 0 amide bonds. The van der Waals surface area contributed by atoms with Crippen molar-refractivity contribution in [2.45, 2.75) is 110 Å². The van der Waals surface area contributed by atoms with Crippen LogP contribution in [0.3, 0.4) is 0 Å². The number of hydrogen-bond donors (Lipinski definition) is 0. The third-order valence-corrected chi connectivity index (χ3v) is 5.35. The lowest BCUT2D eigenvalue weighted by molar-refractivity contribution is 0.307. The second kappa shape index (κ2) is 19.1. The van der Waals surface area contributed by atoms with E-state index in [-0.39, 0.29) is 12.4 Å². The van der Waals surface area contributed by atoms with Gasteiger partial charge in [0, 0.05) is 18.9 Å². The second-order valence-electron chi connectivity index (χ2n) is 7.75. The van der Waals surface area contributed by atoms with Crippen molar-refractivity contribution >= 4 is 12.4 Å². The summed E-state index contributed by atoms with van der Waals surface area (Å²) < 4.78 is 0. The molecule has 0 saturated carbocycles. The topological polar surface area (TPSA) is 6.48 Å². The zero-order valence-corrected chi connectivity index (χ0v) is 18.3. The smallest absolute Gasteiger partial charge is 0.0935 e. The van der Waals surface area contributed by atoms with E-state index in [0.717, 1.165) is 6.67 Å². The van der Waals surface area contributed by atoms with E-state index in [2.05, 4.69) is 35.7 Å². The monoisotopic (exact) mass is 384 g/mol. The lowest BCUT2D eigenvalue weighted by atomic mass is 10.0. The third kappa shape index (κ3) is 14.5. The number of hydrogen-bond acceptors (Lipinski definition) is 2. The number of halogens is 1. The predicted molar refractivity (Wildman–Crippen MR) is 120 cm³/mol. The van der Waals surface area contributed by atoms with Crippen LogP contribution in [0.25, 0.3) is 0 Å². The fourth-order valence-electron chi connectivity index (χ4n) is 3.61. The molecule has 0 aliphatic carbocycles. The molecule has 0 spiro atoms.